The van der Waals surface area contributed by atoms with Crippen molar-refractivity contribution in [3.05, 3.63) is 41.8 Å². The molecule has 0 fully saturated rings. The Kier molecular flexibility index (Phi) is 11.3. The van der Waals surface area contributed by atoms with Crippen LogP contribution >= 0.6 is 0 Å². The molecule has 1 aromatic carbocycles. The first-order chi connectivity index (χ1) is 13.6. The fraction of sp³-hybridized carbons (Fsp3) is 0.682. The maximum atomic E-state index is 13.9. The van der Waals surface area contributed by atoms with E-state index >= 15 is 0 Å². The highest BCUT2D eigenvalue weighted by Crippen LogP contribution is 2.33. The number of hydrogen-bond acceptors (Lipinski definition) is 4. The van der Waals surface area contributed by atoms with Crippen molar-refractivity contribution in [2.45, 2.75) is 76.3 Å². The van der Waals surface area contributed by atoms with Crippen molar-refractivity contribution in [2.75, 3.05) is 13.1 Å². The molecule has 0 aliphatic carbocycles. The molecule has 0 aliphatic rings. The van der Waals surface area contributed by atoms with Crippen molar-refractivity contribution < 1.29 is 17.2 Å². The molecule has 1 radical (unpaired) electrons. The van der Waals surface area contributed by atoms with E-state index in [0.29, 0.717) is 38.1 Å². The highest BCUT2D eigenvalue weighted by molar-refractivity contribution is 7.92. The first-order valence-corrected chi connectivity index (χ1v) is 12.2. The minimum Gasteiger partial charge on any atom is -0.326 e. The molecule has 0 aliphatic heterocycles. The minimum atomic E-state index is -3.75. The first kappa shape index (κ1) is 26.0. The summed E-state index contributed by atoms with van der Waals surface area (Å²) in [6.45, 7) is 9.34. The molecule has 1 rings (SSSR count). The number of halogens is 2. The average Bonchev–Trinajstić information content (AvgIpc) is 2.60. The van der Waals surface area contributed by atoms with Gasteiger partial charge in [0.05, 0.1) is 5.25 Å². The Balaban J connectivity index is 3.14. The van der Waals surface area contributed by atoms with E-state index < -0.39 is 38.0 Å². The van der Waals surface area contributed by atoms with E-state index in [4.69, 9.17) is 5.73 Å². The molecular formula is C22H37F2N2O2S. The van der Waals surface area contributed by atoms with Gasteiger partial charge in [0, 0.05) is 12.1 Å². The summed E-state index contributed by atoms with van der Waals surface area (Å²) in [7, 11) is -3.75. The zero-order valence-electron chi connectivity index (χ0n) is 18.1. The summed E-state index contributed by atoms with van der Waals surface area (Å²) >= 11 is 0. The van der Waals surface area contributed by atoms with Gasteiger partial charge in [-0.3, -0.25) is 0 Å². The third kappa shape index (κ3) is 8.30. The molecule has 0 bridgehead atoms. The maximum Gasteiger partial charge on any atom is 0.161 e. The topological polar surface area (TPSA) is 72.2 Å². The van der Waals surface area contributed by atoms with E-state index in [1.54, 1.807) is 6.42 Å². The number of benzene rings is 1. The molecule has 0 heterocycles. The van der Waals surface area contributed by atoms with Crippen molar-refractivity contribution in [3.63, 3.8) is 0 Å². The van der Waals surface area contributed by atoms with Gasteiger partial charge in [-0.1, -0.05) is 40.5 Å². The highest BCUT2D eigenvalue weighted by Gasteiger charge is 2.38. The van der Waals surface area contributed by atoms with Crippen LogP contribution in [0.5, 0.6) is 0 Å². The fourth-order valence-corrected chi connectivity index (χ4v) is 6.14. The van der Waals surface area contributed by atoms with E-state index in [2.05, 4.69) is 19.2 Å². The van der Waals surface area contributed by atoms with Gasteiger partial charge in [0.15, 0.2) is 9.84 Å². The second-order valence-electron chi connectivity index (χ2n) is 8.11. The molecule has 0 spiro atoms. The van der Waals surface area contributed by atoms with Crippen LogP contribution in [0.2, 0.25) is 0 Å². The van der Waals surface area contributed by atoms with Gasteiger partial charge in [-0.15, -0.1) is 0 Å². The third-order valence-corrected chi connectivity index (χ3v) is 7.73. The summed E-state index contributed by atoms with van der Waals surface area (Å²) in [6, 6.07) is 2.04. The molecular weight excluding hydrogens is 394 g/mol. The van der Waals surface area contributed by atoms with Gasteiger partial charge in [-0.25, -0.2) is 17.2 Å². The normalized spacial score (nSPS) is 14.5. The predicted octanol–water partition coefficient (Wildman–Crippen LogP) is 4.56. The number of nitrogens with one attached hydrogen (secondary N) is 1. The molecule has 1 aromatic rings. The Morgan fingerprint density at radius 1 is 1.03 bits per heavy atom. The van der Waals surface area contributed by atoms with E-state index in [-0.39, 0.29) is 5.56 Å². The average molecular weight is 432 g/mol. The molecule has 2 atom stereocenters. The lowest BCUT2D eigenvalue weighted by molar-refractivity contribution is 0.519. The Hall–Kier alpha value is -1.05. The molecule has 7 heteroatoms. The van der Waals surface area contributed by atoms with Crippen LogP contribution in [-0.2, 0) is 9.84 Å². The van der Waals surface area contributed by atoms with Gasteiger partial charge in [0.2, 0.25) is 0 Å². The lowest BCUT2D eigenvalue weighted by atomic mass is 10.0. The van der Waals surface area contributed by atoms with Gasteiger partial charge in [-0.2, -0.15) is 0 Å². The molecule has 0 saturated heterocycles. The highest BCUT2D eigenvalue weighted by atomic mass is 32.2. The zero-order valence-corrected chi connectivity index (χ0v) is 18.9. The number of sulfone groups is 1. The zero-order chi connectivity index (χ0) is 22.0. The van der Waals surface area contributed by atoms with E-state index in [0.717, 1.165) is 31.2 Å². The van der Waals surface area contributed by atoms with Crippen LogP contribution < -0.4 is 11.1 Å². The molecule has 0 aromatic heterocycles. The SMILES string of the molecule is CCCC(CCC)S(=O)(=O)C(c1cc(F)cc(F)c1)[C@@H](N)[CH]CNCCC(C)C. The van der Waals surface area contributed by atoms with Crippen LogP contribution in [0.15, 0.2) is 18.2 Å². The fourth-order valence-electron chi connectivity index (χ4n) is 3.53. The number of nitrogens with two attached hydrogens (primary N) is 1. The summed E-state index contributed by atoms with van der Waals surface area (Å²) in [4.78, 5) is 0. The van der Waals surface area contributed by atoms with Crippen molar-refractivity contribution in [3.8, 4) is 0 Å². The molecule has 29 heavy (non-hydrogen) atoms. The van der Waals surface area contributed by atoms with Crippen LogP contribution in [0.3, 0.4) is 0 Å². The van der Waals surface area contributed by atoms with Crippen LogP contribution in [0.4, 0.5) is 8.78 Å². The minimum absolute atomic E-state index is 0.0747. The first-order valence-electron chi connectivity index (χ1n) is 10.6. The Morgan fingerprint density at radius 3 is 2.07 bits per heavy atom. The van der Waals surface area contributed by atoms with Gasteiger partial charge in [0.1, 0.15) is 16.9 Å². The molecule has 4 nitrogen and oxygen atoms in total. The number of hydrogen-bond donors (Lipinski definition) is 2. The summed E-state index contributed by atoms with van der Waals surface area (Å²) in [5, 5.41) is 1.47. The molecule has 167 valence electrons. The Labute approximate surface area is 175 Å². The molecule has 0 saturated carbocycles. The number of rotatable bonds is 14. The van der Waals surface area contributed by atoms with Crippen molar-refractivity contribution >= 4 is 9.84 Å². The molecule has 1 unspecified atom stereocenters. The van der Waals surface area contributed by atoms with E-state index in [9.17, 15) is 17.2 Å². The van der Waals surface area contributed by atoms with Crippen LogP contribution in [-0.4, -0.2) is 32.8 Å². The second kappa shape index (κ2) is 12.6. The van der Waals surface area contributed by atoms with Crippen molar-refractivity contribution in [1.82, 2.24) is 5.32 Å². The standard InChI is InChI=1S/C22H37F2N2O2S/c1-5-7-20(8-6-2)29(27,28)22(17-13-18(23)15-19(24)14-17)21(25)10-12-26-11-9-16(3)4/h10,13-16,20-22,26H,5-9,11-12,25H2,1-4H3/t21-,22?/m0/s1. The quantitative estimate of drug-likeness (QED) is 0.424. The smallest absolute Gasteiger partial charge is 0.161 e. The molecule has 0 amide bonds. The summed E-state index contributed by atoms with van der Waals surface area (Å²) in [5.41, 5.74) is 6.36. The summed E-state index contributed by atoms with van der Waals surface area (Å²) < 4.78 is 54.7. The van der Waals surface area contributed by atoms with Crippen LogP contribution in [0.1, 0.15) is 70.6 Å². The van der Waals surface area contributed by atoms with E-state index in [1.807, 2.05) is 13.8 Å². The lowest BCUT2D eigenvalue weighted by Gasteiger charge is -2.29. The molecule has 3 N–H and O–H groups in total. The van der Waals surface area contributed by atoms with Gasteiger partial charge < -0.3 is 11.1 Å². The monoisotopic (exact) mass is 431 g/mol. The summed E-state index contributed by atoms with van der Waals surface area (Å²) in [6.07, 6.45) is 5.12. The maximum absolute atomic E-state index is 13.9. The van der Waals surface area contributed by atoms with Crippen molar-refractivity contribution in [1.29, 1.82) is 0 Å². The van der Waals surface area contributed by atoms with Crippen molar-refractivity contribution in [2.24, 2.45) is 11.7 Å². The second-order valence-corrected chi connectivity index (χ2v) is 10.5. The predicted molar refractivity (Wildman–Crippen MR) is 116 cm³/mol. The van der Waals surface area contributed by atoms with Gasteiger partial charge in [0.25, 0.3) is 0 Å². The van der Waals surface area contributed by atoms with Crippen LogP contribution in [0, 0.1) is 24.0 Å². The third-order valence-electron chi connectivity index (χ3n) is 5.04. The van der Waals surface area contributed by atoms with Gasteiger partial charge >= 0.3 is 0 Å². The Morgan fingerprint density at radius 2 is 1.59 bits per heavy atom. The van der Waals surface area contributed by atoms with Gasteiger partial charge in [-0.05, 0) is 62.4 Å². The van der Waals surface area contributed by atoms with Crippen LogP contribution in [0.25, 0.3) is 0 Å². The lowest BCUT2D eigenvalue weighted by Crippen LogP contribution is -2.41. The summed E-state index contributed by atoms with van der Waals surface area (Å²) in [5.74, 6) is -1.04. The van der Waals surface area contributed by atoms with E-state index in [1.165, 1.54) is 0 Å². The Bertz CT molecular complexity index is 685. The largest absolute Gasteiger partial charge is 0.326 e.